The van der Waals surface area contributed by atoms with Gasteiger partial charge in [0.15, 0.2) is 0 Å². The Morgan fingerprint density at radius 2 is 2.22 bits per heavy atom. The Balaban J connectivity index is 2.24. The molecule has 1 fully saturated rings. The smallest absolute Gasteiger partial charge is 0.239 e. The van der Waals surface area contributed by atoms with Crippen molar-refractivity contribution in [1.82, 2.24) is 10.2 Å². The molecule has 0 bridgehead atoms. The molecule has 2 rings (SSSR count). The average Bonchev–Trinajstić information content (AvgIpc) is 2.58. The van der Waals surface area contributed by atoms with Crippen LogP contribution >= 0.6 is 0 Å². The fourth-order valence-corrected chi connectivity index (χ4v) is 2.52. The van der Waals surface area contributed by atoms with Crippen molar-refractivity contribution in [2.45, 2.75) is 19.4 Å². The first-order valence-electron chi connectivity index (χ1n) is 6.49. The summed E-state index contributed by atoms with van der Waals surface area (Å²) in [5, 5.41) is 3.34. The first-order chi connectivity index (χ1) is 8.68. The first kappa shape index (κ1) is 13.1. The zero-order valence-electron chi connectivity index (χ0n) is 10.9. The number of nitrogens with two attached hydrogens (primary N) is 1. The van der Waals surface area contributed by atoms with Crippen LogP contribution in [-0.2, 0) is 4.79 Å². The van der Waals surface area contributed by atoms with Crippen molar-refractivity contribution in [2.75, 3.05) is 26.2 Å². The van der Waals surface area contributed by atoms with Crippen LogP contribution in [0.4, 0.5) is 0 Å². The van der Waals surface area contributed by atoms with Gasteiger partial charge in [0.05, 0.1) is 0 Å². The van der Waals surface area contributed by atoms with E-state index in [0.717, 1.165) is 43.7 Å². The quantitative estimate of drug-likeness (QED) is 0.831. The summed E-state index contributed by atoms with van der Waals surface area (Å²) in [6.45, 7) is 5.73. The predicted octanol–water partition coefficient (Wildman–Crippen LogP) is 0.817. The number of nitrogens with zero attached hydrogens (tertiary/aromatic N) is 1. The molecule has 0 saturated carbocycles. The lowest BCUT2D eigenvalue weighted by Gasteiger charge is -2.28. The maximum absolute atomic E-state index is 11.8. The standard InChI is InChI=1S/C14H21N3O/c1-11-4-2-5-12(10-11)13(14(15)18)17-8-3-6-16-7-9-17/h2,4-5,10,13,16H,3,6-9H2,1H3,(H2,15,18). The second-order valence-electron chi connectivity index (χ2n) is 4.86. The predicted molar refractivity (Wildman–Crippen MR) is 72.2 cm³/mol. The monoisotopic (exact) mass is 247 g/mol. The SMILES string of the molecule is Cc1cccc(C(C(N)=O)N2CCCNCC2)c1. The summed E-state index contributed by atoms with van der Waals surface area (Å²) >= 11 is 0. The number of primary amides is 1. The van der Waals surface area contributed by atoms with Crippen LogP contribution in [0.25, 0.3) is 0 Å². The van der Waals surface area contributed by atoms with Gasteiger partial charge in [-0.2, -0.15) is 0 Å². The number of benzene rings is 1. The summed E-state index contributed by atoms with van der Waals surface area (Å²) in [4.78, 5) is 14.0. The minimum Gasteiger partial charge on any atom is -0.368 e. The fourth-order valence-electron chi connectivity index (χ4n) is 2.52. The third-order valence-corrected chi connectivity index (χ3v) is 3.37. The second kappa shape index (κ2) is 5.98. The maximum atomic E-state index is 11.8. The van der Waals surface area contributed by atoms with Crippen molar-refractivity contribution in [3.63, 3.8) is 0 Å². The molecule has 1 amide bonds. The molecule has 4 heteroatoms. The Bertz CT molecular complexity index is 411. The van der Waals surface area contributed by atoms with Gasteiger partial charge in [-0.1, -0.05) is 29.8 Å². The lowest BCUT2D eigenvalue weighted by atomic mass is 10.0. The van der Waals surface area contributed by atoms with Crippen molar-refractivity contribution in [3.05, 3.63) is 35.4 Å². The van der Waals surface area contributed by atoms with Gasteiger partial charge in [-0.05, 0) is 25.5 Å². The van der Waals surface area contributed by atoms with E-state index in [1.165, 1.54) is 0 Å². The van der Waals surface area contributed by atoms with Crippen molar-refractivity contribution < 1.29 is 4.79 Å². The van der Waals surface area contributed by atoms with E-state index in [1.54, 1.807) is 0 Å². The van der Waals surface area contributed by atoms with Gasteiger partial charge >= 0.3 is 0 Å². The number of amides is 1. The normalized spacial score (nSPS) is 19.2. The Hall–Kier alpha value is -1.39. The molecule has 3 N–H and O–H groups in total. The zero-order valence-corrected chi connectivity index (χ0v) is 10.9. The highest BCUT2D eigenvalue weighted by molar-refractivity contribution is 5.81. The van der Waals surface area contributed by atoms with E-state index < -0.39 is 0 Å². The summed E-state index contributed by atoms with van der Waals surface area (Å²) in [6, 6.07) is 7.75. The van der Waals surface area contributed by atoms with Crippen LogP contribution in [0.2, 0.25) is 0 Å². The maximum Gasteiger partial charge on any atom is 0.239 e. The molecule has 1 atom stereocenters. The molecule has 1 unspecified atom stereocenters. The molecular weight excluding hydrogens is 226 g/mol. The van der Waals surface area contributed by atoms with Crippen molar-refractivity contribution in [3.8, 4) is 0 Å². The number of rotatable bonds is 3. The molecule has 0 radical (unpaired) electrons. The zero-order chi connectivity index (χ0) is 13.0. The molecule has 98 valence electrons. The first-order valence-corrected chi connectivity index (χ1v) is 6.49. The molecule has 0 spiro atoms. The van der Waals surface area contributed by atoms with Gasteiger partial charge in [0, 0.05) is 19.6 Å². The largest absolute Gasteiger partial charge is 0.368 e. The number of carbonyl (C=O) groups excluding carboxylic acids is 1. The molecule has 0 aromatic heterocycles. The van der Waals surface area contributed by atoms with Gasteiger partial charge in [-0.3, -0.25) is 9.69 Å². The van der Waals surface area contributed by atoms with Crippen LogP contribution in [0.15, 0.2) is 24.3 Å². The van der Waals surface area contributed by atoms with Gasteiger partial charge in [0.25, 0.3) is 0 Å². The van der Waals surface area contributed by atoms with E-state index in [0.29, 0.717) is 0 Å². The molecule has 1 saturated heterocycles. The topological polar surface area (TPSA) is 58.4 Å². The summed E-state index contributed by atoms with van der Waals surface area (Å²) < 4.78 is 0. The minimum atomic E-state index is -0.301. The van der Waals surface area contributed by atoms with Gasteiger partial charge in [-0.25, -0.2) is 0 Å². The van der Waals surface area contributed by atoms with Gasteiger partial charge in [0.1, 0.15) is 6.04 Å². The number of hydrogen-bond acceptors (Lipinski definition) is 3. The van der Waals surface area contributed by atoms with E-state index in [4.69, 9.17) is 5.73 Å². The van der Waals surface area contributed by atoms with Crippen molar-refractivity contribution in [1.29, 1.82) is 0 Å². The molecule has 1 heterocycles. The fraction of sp³-hybridized carbons (Fsp3) is 0.500. The van der Waals surface area contributed by atoms with E-state index in [1.807, 2.05) is 31.2 Å². The van der Waals surface area contributed by atoms with Crippen LogP contribution in [0, 0.1) is 6.92 Å². The molecule has 1 aromatic rings. The molecule has 0 aliphatic carbocycles. The third-order valence-electron chi connectivity index (χ3n) is 3.37. The van der Waals surface area contributed by atoms with Gasteiger partial charge in [-0.15, -0.1) is 0 Å². The molecule has 18 heavy (non-hydrogen) atoms. The van der Waals surface area contributed by atoms with E-state index >= 15 is 0 Å². The summed E-state index contributed by atoms with van der Waals surface area (Å²) in [5.41, 5.74) is 7.76. The number of nitrogens with one attached hydrogen (secondary N) is 1. The van der Waals surface area contributed by atoms with Crippen LogP contribution in [0.1, 0.15) is 23.6 Å². The summed E-state index contributed by atoms with van der Waals surface area (Å²) in [7, 11) is 0. The van der Waals surface area contributed by atoms with Crippen LogP contribution in [0.3, 0.4) is 0 Å². The molecular formula is C14H21N3O. The van der Waals surface area contributed by atoms with E-state index in [-0.39, 0.29) is 11.9 Å². The molecule has 1 aliphatic rings. The lowest BCUT2D eigenvalue weighted by molar-refractivity contribution is -0.123. The summed E-state index contributed by atoms with van der Waals surface area (Å²) in [5.74, 6) is -0.262. The van der Waals surface area contributed by atoms with Crippen molar-refractivity contribution in [2.24, 2.45) is 5.73 Å². The molecule has 1 aliphatic heterocycles. The Labute approximate surface area is 108 Å². The average molecular weight is 247 g/mol. The molecule has 4 nitrogen and oxygen atoms in total. The highest BCUT2D eigenvalue weighted by Crippen LogP contribution is 2.22. The lowest BCUT2D eigenvalue weighted by Crippen LogP contribution is -2.39. The van der Waals surface area contributed by atoms with Crippen LogP contribution < -0.4 is 11.1 Å². The Morgan fingerprint density at radius 3 is 2.94 bits per heavy atom. The third kappa shape index (κ3) is 3.09. The highest BCUT2D eigenvalue weighted by Gasteiger charge is 2.26. The van der Waals surface area contributed by atoms with E-state index in [2.05, 4.69) is 10.2 Å². The Morgan fingerprint density at radius 1 is 1.39 bits per heavy atom. The number of aryl methyl sites for hydroxylation is 1. The highest BCUT2D eigenvalue weighted by atomic mass is 16.1. The number of carbonyl (C=O) groups is 1. The second-order valence-corrected chi connectivity index (χ2v) is 4.86. The summed E-state index contributed by atoms with van der Waals surface area (Å²) in [6.07, 6.45) is 1.05. The van der Waals surface area contributed by atoms with Crippen LogP contribution in [-0.4, -0.2) is 37.0 Å². The van der Waals surface area contributed by atoms with Gasteiger partial charge in [0.2, 0.25) is 5.91 Å². The van der Waals surface area contributed by atoms with Crippen LogP contribution in [0.5, 0.6) is 0 Å². The molecule has 1 aromatic carbocycles. The van der Waals surface area contributed by atoms with Crippen molar-refractivity contribution >= 4 is 5.91 Å². The number of hydrogen-bond donors (Lipinski definition) is 2. The Kier molecular flexibility index (Phi) is 4.33. The van der Waals surface area contributed by atoms with Gasteiger partial charge < -0.3 is 11.1 Å². The minimum absolute atomic E-state index is 0.262. The van der Waals surface area contributed by atoms with E-state index in [9.17, 15) is 4.79 Å².